The van der Waals surface area contributed by atoms with Gasteiger partial charge in [-0.15, -0.1) is 0 Å². The zero-order chi connectivity index (χ0) is 20.2. The quantitative estimate of drug-likeness (QED) is 0.703. The van der Waals surface area contributed by atoms with Gasteiger partial charge in [0.1, 0.15) is 11.3 Å². The number of carbonyl (C=O) groups is 1. The van der Waals surface area contributed by atoms with Crippen molar-refractivity contribution in [3.8, 4) is 5.75 Å². The van der Waals surface area contributed by atoms with E-state index in [9.17, 15) is 4.79 Å². The molecule has 2 amide bonds. The summed E-state index contributed by atoms with van der Waals surface area (Å²) in [4.78, 5) is 19.0. The predicted molar refractivity (Wildman–Crippen MR) is 112 cm³/mol. The number of para-hydroxylation sites is 2. The molecule has 1 fully saturated rings. The minimum absolute atomic E-state index is 0.00682. The molecule has 4 rings (SSSR count). The smallest absolute Gasteiger partial charge is 0.317 e. The second kappa shape index (κ2) is 8.55. The highest BCUT2D eigenvalue weighted by Crippen LogP contribution is 2.29. The molecule has 1 aromatic heterocycles. The summed E-state index contributed by atoms with van der Waals surface area (Å²) in [5.41, 5.74) is 4.03. The first-order chi connectivity index (χ1) is 14.1. The van der Waals surface area contributed by atoms with E-state index >= 15 is 0 Å². The summed E-state index contributed by atoms with van der Waals surface area (Å²) in [6, 6.07) is 13.9. The summed E-state index contributed by atoms with van der Waals surface area (Å²) >= 11 is 0. The van der Waals surface area contributed by atoms with Crippen LogP contribution in [0.15, 0.2) is 46.9 Å². The Morgan fingerprint density at radius 3 is 2.79 bits per heavy atom. The van der Waals surface area contributed by atoms with Crippen molar-refractivity contribution in [2.75, 3.05) is 26.7 Å². The zero-order valence-corrected chi connectivity index (χ0v) is 17.0. The fourth-order valence-corrected chi connectivity index (χ4v) is 3.91. The van der Waals surface area contributed by atoms with Crippen molar-refractivity contribution in [2.24, 2.45) is 0 Å². The maximum atomic E-state index is 12.5. The molecule has 0 spiro atoms. The zero-order valence-electron chi connectivity index (χ0n) is 17.0. The van der Waals surface area contributed by atoms with E-state index in [1.807, 2.05) is 41.3 Å². The molecule has 152 valence electrons. The number of benzene rings is 2. The number of hydrogen-bond acceptors (Lipinski definition) is 4. The predicted octanol–water partition coefficient (Wildman–Crippen LogP) is 4.28. The van der Waals surface area contributed by atoms with Crippen molar-refractivity contribution in [3.05, 3.63) is 59.5 Å². The van der Waals surface area contributed by atoms with Crippen molar-refractivity contribution in [2.45, 2.75) is 32.1 Å². The number of piperidine rings is 1. The molecule has 0 radical (unpaired) electrons. The van der Waals surface area contributed by atoms with Crippen molar-refractivity contribution in [3.63, 3.8) is 0 Å². The Hall–Kier alpha value is -3.02. The Bertz CT molecular complexity index is 957. The highest BCUT2D eigenvalue weighted by atomic mass is 16.5. The lowest BCUT2D eigenvalue weighted by Gasteiger charge is -2.30. The van der Waals surface area contributed by atoms with Crippen LogP contribution in [0.3, 0.4) is 0 Å². The SMILES string of the molecule is COc1ccc(C)cc1CCNC(=O)N1CCC(c2nc3ccccc3o2)CC1. The van der Waals surface area contributed by atoms with E-state index < -0.39 is 0 Å². The first-order valence-corrected chi connectivity index (χ1v) is 10.2. The second-order valence-electron chi connectivity index (χ2n) is 7.58. The Morgan fingerprint density at radius 2 is 2.03 bits per heavy atom. The van der Waals surface area contributed by atoms with Crippen molar-refractivity contribution in [1.29, 1.82) is 0 Å². The molecule has 6 nitrogen and oxygen atoms in total. The molecular weight excluding hydrogens is 366 g/mol. The van der Waals surface area contributed by atoms with Crippen LogP contribution in [0.25, 0.3) is 11.1 Å². The number of fused-ring (bicyclic) bond motifs is 1. The van der Waals surface area contributed by atoms with Gasteiger partial charge in [-0.3, -0.25) is 0 Å². The molecule has 2 heterocycles. The third-order valence-electron chi connectivity index (χ3n) is 5.55. The Morgan fingerprint density at radius 1 is 1.24 bits per heavy atom. The van der Waals surface area contributed by atoms with Gasteiger partial charge in [-0.25, -0.2) is 9.78 Å². The van der Waals surface area contributed by atoms with Crippen molar-refractivity contribution in [1.82, 2.24) is 15.2 Å². The fraction of sp³-hybridized carbons (Fsp3) is 0.391. The first-order valence-electron chi connectivity index (χ1n) is 10.2. The molecule has 6 heteroatoms. The topological polar surface area (TPSA) is 67.6 Å². The lowest BCUT2D eigenvalue weighted by atomic mass is 9.97. The van der Waals surface area contributed by atoms with Gasteiger partial charge in [-0.05, 0) is 49.9 Å². The van der Waals surface area contributed by atoms with Crippen molar-refractivity contribution >= 4 is 17.1 Å². The lowest BCUT2D eigenvalue weighted by Crippen LogP contribution is -2.44. The molecule has 3 aromatic rings. The number of methoxy groups -OCH3 is 1. The van der Waals surface area contributed by atoms with Crippen molar-refractivity contribution < 1.29 is 13.9 Å². The third kappa shape index (κ3) is 4.36. The van der Waals surface area contributed by atoms with E-state index in [0.29, 0.717) is 19.6 Å². The Kier molecular flexibility index (Phi) is 5.69. The minimum atomic E-state index is -0.00682. The fourth-order valence-electron chi connectivity index (χ4n) is 3.91. The van der Waals surface area contributed by atoms with E-state index in [-0.39, 0.29) is 11.9 Å². The number of carbonyl (C=O) groups excluding carboxylic acids is 1. The number of nitrogens with zero attached hydrogens (tertiary/aromatic N) is 2. The summed E-state index contributed by atoms with van der Waals surface area (Å²) in [6.45, 7) is 4.07. The molecule has 1 saturated heterocycles. The molecule has 0 unspecified atom stereocenters. The van der Waals surface area contributed by atoms with Gasteiger partial charge in [0.25, 0.3) is 0 Å². The van der Waals surface area contributed by atoms with E-state index in [1.54, 1.807) is 7.11 Å². The monoisotopic (exact) mass is 393 g/mol. The molecule has 1 N–H and O–H groups in total. The van der Waals surface area contributed by atoms with Crippen LogP contribution >= 0.6 is 0 Å². The normalized spacial score (nSPS) is 14.9. The van der Waals surface area contributed by atoms with Gasteiger partial charge in [0.15, 0.2) is 11.5 Å². The molecule has 0 saturated carbocycles. The first kappa shape index (κ1) is 19.3. The molecule has 1 aliphatic rings. The average Bonchev–Trinajstić information content (AvgIpc) is 3.18. The van der Waals surface area contributed by atoms with Gasteiger partial charge in [-0.2, -0.15) is 0 Å². The van der Waals surface area contributed by atoms with E-state index in [2.05, 4.69) is 23.3 Å². The average molecular weight is 393 g/mol. The van der Waals surface area contributed by atoms with Gasteiger partial charge in [-0.1, -0.05) is 29.8 Å². The number of likely N-dealkylation sites (tertiary alicyclic amines) is 1. The highest BCUT2D eigenvalue weighted by Gasteiger charge is 2.26. The number of rotatable bonds is 5. The number of urea groups is 1. The number of aromatic nitrogens is 1. The second-order valence-corrected chi connectivity index (χ2v) is 7.58. The van der Waals surface area contributed by atoms with E-state index in [1.165, 1.54) is 5.56 Å². The largest absolute Gasteiger partial charge is 0.496 e. The number of hydrogen-bond donors (Lipinski definition) is 1. The number of ether oxygens (including phenoxy) is 1. The Balaban J connectivity index is 1.27. The maximum Gasteiger partial charge on any atom is 0.317 e. The molecule has 29 heavy (non-hydrogen) atoms. The lowest BCUT2D eigenvalue weighted by molar-refractivity contribution is 0.177. The number of nitrogens with one attached hydrogen (secondary N) is 1. The van der Waals surface area contributed by atoms with Crippen LogP contribution in [0, 0.1) is 6.92 Å². The van der Waals surface area contributed by atoms with Gasteiger partial charge in [0.05, 0.1) is 7.11 Å². The number of aryl methyl sites for hydroxylation is 1. The summed E-state index contributed by atoms with van der Waals surface area (Å²) in [5.74, 6) is 1.92. The Labute approximate surface area is 170 Å². The van der Waals surface area contributed by atoms with E-state index in [4.69, 9.17) is 9.15 Å². The van der Waals surface area contributed by atoms with Crippen LogP contribution in [0.2, 0.25) is 0 Å². The summed E-state index contributed by atoms with van der Waals surface area (Å²) in [5, 5.41) is 3.04. The van der Waals surface area contributed by atoms with Crippen LogP contribution in [-0.4, -0.2) is 42.7 Å². The summed E-state index contributed by atoms with van der Waals surface area (Å²) < 4.78 is 11.3. The highest BCUT2D eigenvalue weighted by molar-refractivity contribution is 5.74. The third-order valence-corrected chi connectivity index (χ3v) is 5.55. The number of amides is 2. The molecular formula is C23H27N3O3. The molecule has 0 aliphatic carbocycles. The van der Waals surface area contributed by atoms with Gasteiger partial charge >= 0.3 is 6.03 Å². The van der Waals surface area contributed by atoms with Gasteiger partial charge < -0.3 is 19.4 Å². The van der Waals surface area contributed by atoms with Crippen LogP contribution < -0.4 is 10.1 Å². The maximum absolute atomic E-state index is 12.5. The summed E-state index contributed by atoms with van der Waals surface area (Å²) in [6.07, 6.45) is 2.48. The molecule has 2 aromatic carbocycles. The van der Waals surface area contributed by atoms with Crippen LogP contribution in [-0.2, 0) is 6.42 Å². The van der Waals surface area contributed by atoms with E-state index in [0.717, 1.165) is 47.6 Å². The van der Waals surface area contributed by atoms with Gasteiger partial charge in [0.2, 0.25) is 0 Å². The molecule has 1 aliphatic heterocycles. The molecule has 0 atom stereocenters. The minimum Gasteiger partial charge on any atom is -0.496 e. The van der Waals surface area contributed by atoms with Gasteiger partial charge in [0, 0.05) is 25.6 Å². The standard InChI is InChI=1S/C23H27N3O3/c1-16-7-8-20(28-2)18(15-16)9-12-24-23(27)26-13-10-17(11-14-26)22-25-19-5-3-4-6-21(19)29-22/h3-8,15,17H,9-14H2,1-2H3,(H,24,27). The van der Waals surface area contributed by atoms with Crippen LogP contribution in [0.4, 0.5) is 4.79 Å². The van der Waals surface area contributed by atoms with Crippen LogP contribution in [0.5, 0.6) is 5.75 Å². The molecule has 0 bridgehead atoms. The number of oxazole rings is 1. The summed E-state index contributed by atoms with van der Waals surface area (Å²) in [7, 11) is 1.67. The van der Waals surface area contributed by atoms with Crippen LogP contribution in [0.1, 0.15) is 35.8 Å².